The van der Waals surface area contributed by atoms with E-state index in [9.17, 15) is 9.59 Å². The van der Waals surface area contributed by atoms with E-state index >= 15 is 0 Å². The number of nitrogens with zero attached hydrogens (tertiary/aromatic N) is 3. The summed E-state index contributed by atoms with van der Waals surface area (Å²) in [6.07, 6.45) is 1.69. The molecule has 0 unspecified atom stereocenters. The van der Waals surface area contributed by atoms with Crippen molar-refractivity contribution < 1.29 is 0 Å². The van der Waals surface area contributed by atoms with E-state index in [2.05, 4.69) is 4.98 Å². The fourth-order valence-corrected chi connectivity index (χ4v) is 2.37. The zero-order valence-electron chi connectivity index (χ0n) is 12.1. The molecular weight excluding hydrogens is 266 g/mol. The predicted octanol–water partition coefficient (Wildman–Crippen LogP) is 1.61. The summed E-state index contributed by atoms with van der Waals surface area (Å²) in [6, 6.07) is 9.79. The molecule has 3 rings (SSSR count). The summed E-state index contributed by atoms with van der Waals surface area (Å²) in [4.78, 5) is 28.4. The first-order chi connectivity index (χ1) is 9.99. The third-order valence-electron chi connectivity index (χ3n) is 3.68. The highest BCUT2D eigenvalue weighted by Gasteiger charge is 2.10. The van der Waals surface area contributed by atoms with E-state index in [0.717, 1.165) is 15.7 Å². The van der Waals surface area contributed by atoms with Gasteiger partial charge in [0.2, 0.25) is 0 Å². The first-order valence-corrected chi connectivity index (χ1v) is 6.62. The molecule has 5 nitrogen and oxygen atoms in total. The lowest BCUT2D eigenvalue weighted by Crippen LogP contribution is -2.37. The largest absolute Gasteiger partial charge is 0.332 e. The van der Waals surface area contributed by atoms with Crippen LogP contribution in [-0.4, -0.2) is 14.1 Å². The first kappa shape index (κ1) is 13.3. The topological polar surface area (TPSA) is 56.9 Å². The fraction of sp³-hybridized carbons (Fsp3) is 0.188. The van der Waals surface area contributed by atoms with E-state index in [0.29, 0.717) is 11.0 Å². The molecule has 0 radical (unpaired) electrons. The van der Waals surface area contributed by atoms with Gasteiger partial charge in [-0.2, -0.15) is 0 Å². The van der Waals surface area contributed by atoms with Crippen LogP contribution in [0.25, 0.3) is 22.2 Å². The van der Waals surface area contributed by atoms with E-state index in [4.69, 9.17) is 0 Å². The number of benzene rings is 1. The van der Waals surface area contributed by atoms with Crippen LogP contribution in [0.3, 0.4) is 0 Å². The number of fused-ring (bicyclic) bond motifs is 1. The minimum absolute atomic E-state index is 0.324. The van der Waals surface area contributed by atoms with Gasteiger partial charge >= 0.3 is 5.69 Å². The summed E-state index contributed by atoms with van der Waals surface area (Å²) >= 11 is 0. The highest BCUT2D eigenvalue weighted by atomic mass is 16.2. The SMILES string of the molecule is Cc1ccc(-c2cnc3c(c2)c(=O)n(C)c(=O)n3C)cc1. The van der Waals surface area contributed by atoms with Crippen molar-refractivity contribution in [2.45, 2.75) is 6.92 Å². The maximum absolute atomic E-state index is 12.2. The van der Waals surface area contributed by atoms with Crippen LogP contribution >= 0.6 is 0 Å². The molecule has 5 heteroatoms. The number of hydrogen-bond acceptors (Lipinski definition) is 3. The second-order valence-electron chi connectivity index (χ2n) is 5.17. The van der Waals surface area contributed by atoms with Crippen LogP contribution in [0, 0.1) is 6.92 Å². The predicted molar refractivity (Wildman–Crippen MR) is 82.4 cm³/mol. The monoisotopic (exact) mass is 281 g/mol. The molecule has 0 fully saturated rings. The van der Waals surface area contributed by atoms with Crippen molar-refractivity contribution >= 4 is 11.0 Å². The van der Waals surface area contributed by atoms with E-state index < -0.39 is 0 Å². The van der Waals surface area contributed by atoms with Crippen molar-refractivity contribution in [3.8, 4) is 11.1 Å². The van der Waals surface area contributed by atoms with Gasteiger partial charge in [-0.05, 0) is 18.6 Å². The Bertz CT molecular complexity index is 950. The second-order valence-corrected chi connectivity index (χ2v) is 5.17. The van der Waals surface area contributed by atoms with Crippen molar-refractivity contribution in [2.75, 3.05) is 0 Å². The number of hydrogen-bond donors (Lipinski definition) is 0. The molecule has 0 spiro atoms. The minimum atomic E-state index is -0.372. The summed E-state index contributed by atoms with van der Waals surface area (Å²) in [5, 5.41) is 0.442. The summed E-state index contributed by atoms with van der Waals surface area (Å²) in [6.45, 7) is 2.02. The van der Waals surface area contributed by atoms with E-state index in [1.807, 2.05) is 31.2 Å². The molecule has 0 bridgehead atoms. The number of aromatic nitrogens is 3. The van der Waals surface area contributed by atoms with Crippen LogP contribution in [0.4, 0.5) is 0 Å². The molecule has 0 aliphatic rings. The van der Waals surface area contributed by atoms with Gasteiger partial charge in [0.15, 0.2) is 0 Å². The Hall–Kier alpha value is -2.69. The summed E-state index contributed by atoms with van der Waals surface area (Å²) < 4.78 is 2.48. The van der Waals surface area contributed by atoms with Crippen LogP contribution < -0.4 is 11.2 Å². The van der Waals surface area contributed by atoms with Gasteiger partial charge < -0.3 is 0 Å². The van der Waals surface area contributed by atoms with Crippen molar-refractivity contribution in [3.05, 3.63) is 62.9 Å². The average molecular weight is 281 g/mol. The molecule has 0 aliphatic carbocycles. The highest BCUT2D eigenvalue weighted by molar-refractivity contribution is 5.80. The van der Waals surface area contributed by atoms with E-state index in [-0.39, 0.29) is 11.2 Å². The number of rotatable bonds is 1. The first-order valence-electron chi connectivity index (χ1n) is 6.62. The molecule has 0 amide bonds. The number of aryl methyl sites for hydroxylation is 2. The lowest BCUT2D eigenvalue weighted by Gasteiger charge is -2.08. The molecule has 0 saturated carbocycles. The normalized spacial score (nSPS) is 11.0. The quantitative estimate of drug-likeness (QED) is 0.681. The van der Waals surface area contributed by atoms with Crippen LogP contribution in [0.5, 0.6) is 0 Å². The molecule has 0 aliphatic heterocycles. The summed E-state index contributed by atoms with van der Waals surface area (Å²) in [7, 11) is 3.09. The molecular formula is C16H15N3O2. The summed E-state index contributed by atoms with van der Waals surface area (Å²) in [5.41, 5.74) is 2.73. The molecule has 2 heterocycles. The van der Waals surface area contributed by atoms with Crippen LogP contribution in [0.2, 0.25) is 0 Å². The van der Waals surface area contributed by atoms with Gasteiger partial charge in [0.25, 0.3) is 5.56 Å². The third kappa shape index (κ3) is 2.07. The van der Waals surface area contributed by atoms with E-state index in [1.54, 1.807) is 19.3 Å². The van der Waals surface area contributed by atoms with Gasteiger partial charge in [-0.1, -0.05) is 29.8 Å². The van der Waals surface area contributed by atoms with Gasteiger partial charge in [-0.25, -0.2) is 9.78 Å². The molecule has 106 valence electrons. The maximum atomic E-state index is 12.2. The average Bonchev–Trinajstić information content (AvgIpc) is 2.51. The van der Waals surface area contributed by atoms with Gasteiger partial charge in [0, 0.05) is 25.9 Å². The zero-order chi connectivity index (χ0) is 15.1. The lowest BCUT2D eigenvalue weighted by molar-refractivity contribution is 0.708. The molecule has 2 aromatic heterocycles. The minimum Gasteiger partial charge on any atom is -0.280 e. The Labute approximate surface area is 121 Å². The Morgan fingerprint density at radius 2 is 1.62 bits per heavy atom. The molecule has 0 atom stereocenters. The van der Waals surface area contributed by atoms with Crippen molar-refractivity contribution in [1.29, 1.82) is 0 Å². The summed E-state index contributed by atoms with van der Waals surface area (Å²) in [5.74, 6) is 0. The van der Waals surface area contributed by atoms with Gasteiger partial charge in [-0.15, -0.1) is 0 Å². The molecule has 1 aromatic carbocycles. The molecule has 0 N–H and O–H groups in total. The Morgan fingerprint density at radius 1 is 0.952 bits per heavy atom. The van der Waals surface area contributed by atoms with Crippen molar-refractivity contribution in [2.24, 2.45) is 14.1 Å². The Morgan fingerprint density at radius 3 is 2.29 bits per heavy atom. The molecule has 21 heavy (non-hydrogen) atoms. The Balaban J connectivity index is 2.33. The Kier molecular flexibility index (Phi) is 2.97. The van der Waals surface area contributed by atoms with Crippen LogP contribution in [0.15, 0.2) is 46.1 Å². The van der Waals surface area contributed by atoms with Crippen LogP contribution in [-0.2, 0) is 14.1 Å². The van der Waals surface area contributed by atoms with Gasteiger partial charge in [0.1, 0.15) is 5.65 Å². The molecule has 3 aromatic rings. The second kappa shape index (κ2) is 4.70. The zero-order valence-corrected chi connectivity index (χ0v) is 12.1. The van der Waals surface area contributed by atoms with Crippen molar-refractivity contribution in [1.82, 2.24) is 14.1 Å². The van der Waals surface area contributed by atoms with Crippen molar-refractivity contribution in [3.63, 3.8) is 0 Å². The smallest absolute Gasteiger partial charge is 0.280 e. The van der Waals surface area contributed by atoms with Crippen LogP contribution in [0.1, 0.15) is 5.56 Å². The third-order valence-corrected chi connectivity index (χ3v) is 3.68. The maximum Gasteiger partial charge on any atom is 0.332 e. The molecule has 0 saturated heterocycles. The van der Waals surface area contributed by atoms with Gasteiger partial charge in [0.05, 0.1) is 5.39 Å². The fourth-order valence-electron chi connectivity index (χ4n) is 2.37. The van der Waals surface area contributed by atoms with Gasteiger partial charge in [-0.3, -0.25) is 13.9 Å². The van der Waals surface area contributed by atoms with E-state index in [1.165, 1.54) is 17.2 Å². The number of pyridine rings is 1. The highest BCUT2D eigenvalue weighted by Crippen LogP contribution is 2.21. The standard InChI is InChI=1S/C16H15N3O2/c1-10-4-6-11(7-5-10)12-8-13-14(17-9-12)18(2)16(21)19(3)15(13)20/h4-9H,1-3H3. The lowest BCUT2D eigenvalue weighted by atomic mass is 10.1.